The third kappa shape index (κ3) is 5.52. The fraction of sp³-hybridized carbons (Fsp3) is 0.500. The van der Waals surface area contributed by atoms with Crippen molar-refractivity contribution in [2.75, 3.05) is 44.7 Å². The number of aromatic nitrogens is 2. The van der Waals surface area contributed by atoms with Crippen LogP contribution < -0.4 is 10.6 Å². The maximum atomic E-state index is 12.8. The Balaban J connectivity index is 1.48. The van der Waals surface area contributed by atoms with Gasteiger partial charge in [0.1, 0.15) is 11.5 Å². The molecule has 0 unspecified atom stereocenters. The number of rotatable bonds is 7. The van der Waals surface area contributed by atoms with Crippen molar-refractivity contribution in [3.8, 4) is 11.4 Å². The van der Waals surface area contributed by atoms with Gasteiger partial charge < -0.3 is 15.4 Å². The van der Waals surface area contributed by atoms with Crippen LogP contribution in [0.25, 0.3) is 11.4 Å². The number of amides is 1. The summed E-state index contributed by atoms with van der Waals surface area (Å²) in [6.45, 7) is 5.16. The number of hydrogen-bond acceptors (Lipinski definition) is 6. The van der Waals surface area contributed by atoms with Crippen LogP contribution in [0, 0.1) is 0 Å². The number of anilines is 1. The second-order valence-corrected chi connectivity index (χ2v) is 7.66. The van der Waals surface area contributed by atoms with Crippen molar-refractivity contribution < 1.29 is 9.53 Å². The van der Waals surface area contributed by atoms with Gasteiger partial charge >= 0.3 is 0 Å². The first-order valence-electron chi connectivity index (χ1n) is 10.6. The molecule has 0 bridgehead atoms. The maximum Gasteiger partial charge on any atom is 0.270 e. The fourth-order valence-electron chi connectivity index (χ4n) is 3.87. The van der Waals surface area contributed by atoms with Crippen LogP contribution in [-0.4, -0.2) is 66.2 Å². The normalized spacial score (nSPS) is 17.9. The zero-order valence-electron chi connectivity index (χ0n) is 16.8. The molecule has 1 aromatic carbocycles. The lowest BCUT2D eigenvalue weighted by molar-refractivity contribution is 0.0398. The van der Waals surface area contributed by atoms with E-state index in [2.05, 4.69) is 25.5 Å². The predicted molar refractivity (Wildman–Crippen MR) is 113 cm³/mol. The van der Waals surface area contributed by atoms with E-state index in [4.69, 9.17) is 4.74 Å². The summed E-state index contributed by atoms with van der Waals surface area (Å²) in [6, 6.07) is 11.8. The Labute approximate surface area is 171 Å². The van der Waals surface area contributed by atoms with Gasteiger partial charge in [0.05, 0.1) is 13.2 Å². The van der Waals surface area contributed by atoms with E-state index in [1.54, 1.807) is 6.07 Å². The van der Waals surface area contributed by atoms with Crippen molar-refractivity contribution in [1.29, 1.82) is 0 Å². The van der Waals surface area contributed by atoms with Gasteiger partial charge in [0.15, 0.2) is 5.82 Å². The highest BCUT2D eigenvalue weighted by Crippen LogP contribution is 2.20. The van der Waals surface area contributed by atoms with E-state index < -0.39 is 0 Å². The zero-order valence-corrected chi connectivity index (χ0v) is 16.8. The Morgan fingerprint density at radius 1 is 1.10 bits per heavy atom. The molecule has 1 amide bonds. The number of nitrogens with one attached hydrogen (secondary N) is 2. The molecule has 4 rings (SSSR count). The van der Waals surface area contributed by atoms with Crippen molar-refractivity contribution in [3.05, 3.63) is 42.1 Å². The molecule has 1 aliphatic heterocycles. The summed E-state index contributed by atoms with van der Waals surface area (Å²) in [7, 11) is 0. The van der Waals surface area contributed by atoms with Gasteiger partial charge in [0.25, 0.3) is 5.91 Å². The van der Waals surface area contributed by atoms with Crippen molar-refractivity contribution in [2.45, 2.75) is 31.7 Å². The van der Waals surface area contributed by atoms with Gasteiger partial charge in [-0.3, -0.25) is 9.69 Å². The lowest BCUT2D eigenvalue weighted by Gasteiger charge is -2.26. The van der Waals surface area contributed by atoms with Crippen LogP contribution in [0.4, 0.5) is 5.82 Å². The molecule has 1 aromatic heterocycles. The Morgan fingerprint density at radius 2 is 1.86 bits per heavy atom. The summed E-state index contributed by atoms with van der Waals surface area (Å²) < 4.78 is 5.40. The second-order valence-electron chi connectivity index (χ2n) is 7.66. The van der Waals surface area contributed by atoms with Crippen LogP contribution in [0.2, 0.25) is 0 Å². The Kier molecular flexibility index (Phi) is 6.69. The molecule has 1 saturated carbocycles. The van der Waals surface area contributed by atoms with E-state index in [-0.39, 0.29) is 11.9 Å². The number of ether oxygens (including phenoxy) is 1. The second kappa shape index (κ2) is 9.80. The first kappa shape index (κ1) is 19.8. The summed E-state index contributed by atoms with van der Waals surface area (Å²) in [5.41, 5.74) is 1.32. The van der Waals surface area contributed by atoms with Gasteiger partial charge in [-0.05, 0) is 12.8 Å². The molecule has 0 radical (unpaired) electrons. The molecule has 0 atom stereocenters. The van der Waals surface area contributed by atoms with E-state index in [1.165, 1.54) is 12.8 Å². The summed E-state index contributed by atoms with van der Waals surface area (Å²) in [5.74, 6) is 1.13. The van der Waals surface area contributed by atoms with Crippen molar-refractivity contribution >= 4 is 11.7 Å². The quantitative estimate of drug-likeness (QED) is 0.750. The fourth-order valence-corrected chi connectivity index (χ4v) is 3.87. The Hall–Kier alpha value is -2.51. The molecule has 7 nitrogen and oxygen atoms in total. The first-order chi connectivity index (χ1) is 14.3. The number of morpholine rings is 1. The Bertz CT molecular complexity index is 802. The molecule has 7 heteroatoms. The molecule has 2 heterocycles. The third-order valence-electron chi connectivity index (χ3n) is 5.52. The number of hydrogen-bond donors (Lipinski definition) is 2. The average molecular weight is 396 g/mol. The van der Waals surface area contributed by atoms with Gasteiger partial charge in [-0.1, -0.05) is 43.2 Å². The van der Waals surface area contributed by atoms with E-state index >= 15 is 0 Å². The average Bonchev–Trinajstić information content (AvgIpc) is 3.28. The summed E-state index contributed by atoms with van der Waals surface area (Å²) in [4.78, 5) is 24.4. The van der Waals surface area contributed by atoms with Crippen LogP contribution in [-0.2, 0) is 4.74 Å². The lowest BCUT2D eigenvalue weighted by Crippen LogP contribution is -2.39. The number of carbonyl (C=O) groups excluding carboxylic acids is 1. The standard InChI is InChI=1S/C22H29N5O2/c28-22(24-18-8-4-5-9-18)19-16-20(23-10-11-27-12-14-29-15-13-27)26-21(25-19)17-6-2-1-3-7-17/h1-3,6-7,16,18H,4-5,8-15H2,(H,24,28)(H,23,25,26). The lowest BCUT2D eigenvalue weighted by atomic mass is 10.2. The summed E-state index contributed by atoms with van der Waals surface area (Å²) in [5, 5.41) is 6.51. The van der Waals surface area contributed by atoms with E-state index in [0.29, 0.717) is 17.3 Å². The molecule has 2 aromatic rings. The summed E-state index contributed by atoms with van der Waals surface area (Å²) >= 11 is 0. The maximum absolute atomic E-state index is 12.8. The van der Waals surface area contributed by atoms with Crippen LogP contribution >= 0.6 is 0 Å². The van der Waals surface area contributed by atoms with Crippen LogP contribution in [0.3, 0.4) is 0 Å². The van der Waals surface area contributed by atoms with Crippen molar-refractivity contribution in [1.82, 2.24) is 20.2 Å². The Morgan fingerprint density at radius 3 is 2.62 bits per heavy atom. The largest absolute Gasteiger partial charge is 0.379 e. The van der Waals surface area contributed by atoms with Crippen LogP contribution in [0.5, 0.6) is 0 Å². The molecular formula is C22H29N5O2. The first-order valence-corrected chi connectivity index (χ1v) is 10.6. The predicted octanol–water partition coefficient (Wildman–Crippen LogP) is 2.56. The minimum Gasteiger partial charge on any atom is -0.379 e. The highest BCUT2D eigenvalue weighted by atomic mass is 16.5. The molecule has 1 aliphatic carbocycles. The SMILES string of the molecule is O=C(NC1CCCC1)c1cc(NCCN2CCOCC2)nc(-c2ccccc2)n1. The van der Waals surface area contributed by atoms with Crippen molar-refractivity contribution in [3.63, 3.8) is 0 Å². The number of nitrogens with zero attached hydrogens (tertiary/aromatic N) is 3. The molecule has 0 spiro atoms. The monoisotopic (exact) mass is 395 g/mol. The van der Waals surface area contributed by atoms with Crippen molar-refractivity contribution in [2.24, 2.45) is 0 Å². The smallest absolute Gasteiger partial charge is 0.270 e. The van der Waals surface area contributed by atoms with Gasteiger partial charge in [-0.25, -0.2) is 9.97 Å². The molecule has 29 heavy (non-hydrogen) atoms. The number of benzene rings is 1. The van der Waals surface area contributed by atoms with Gasteiger partial charge in [0, 0.05) is 43.9 Å². The zero-order chi connectivity index (χ0) is 19.9. The minimum absolute atomic E-state index is 0.118. The molecule has 154 valence electrons. The van der Waals surface area contributed by atoms with Crippen LogP contribution in [0.15, 0.2) is 36.4 Å². The van der Waals surface area contributed by atoms with Gasteiger partial charge in [-0.2, -0.15) is 0 Å². The molecule has 2 N–H and O–H groups in total. The van der Waals surface area contributed by atoms with E-state index in [9.17, 15) is 4.79 Å². The minimum atomic E-state index is -0.118. The number of carbonyl (C=O) groups is 1. The van der Waals surface area contributed by atoms with E-state index in [1.807, 2.05) is 30.3 Å². The van der Waals surface area contributed by atoms with E-state index in [0.717, 1.165) is 57.8 Å². The topological polar surface area (TPSA) is 79.4 Å². The molecular weight excluding hydrogens is 366 g/mol. The van der Waals surface area contributed by atoms with Gasteiger partial charge in [0.2, 0.25) is 0 Å². The van der Waals surface area contributed by atoms with Crippen LogP contribution in [0.1, 0.15) is 36.2 Å². The molecule has 2 fully saturated rings. The molecule has 1 saturated heterocycles. The van der Waals surface area contributed by atoms with Gasteiger partial charge in [-0.15, -0.1) is 0 Å². The highest BCUT2D eigenvalue weighted by molar-refractivity contribution is 5.93. The molecule has 2 aliphatic rings. The highest BCUT2D eigenvalue weighted by Gasteiger charge is 2.20. The summed E-state index contributed by atoms with van der Waals surface area (Å²) in [6.07, 6.45) is 4.46. The third-order valence-corrected chi connectivity index (χ3v) is 5.52.